The zero-order valence-electron chi connectivity index (χ0n) is 10.7. The van der Waals surface area contributed by atoms with Crippen molar-refractivity contribution in [2.75, 3.05) is 19.8 Å². The van der Waals surface area contributed by atoms with Gasteiger partial charge in [0, 0.05) is 6.61 Å². The van der Waals surface area contributed by atoms with Crippen LogP contribution in [0.4, 0.5) is 0 Å². The summed E-state index contributed by atoms with van der Waals surface area (Å²) in [6, 6.07) is 7.51. The lowest BCUT2D eigenvalue weighted by Crippen LogP contribution is -2.07. The van der Waals surface area contributed by atoms with E-state index in [4.69, 9.17) is 9.47 Å². The summed E-state index contributed by atoms with van der Waals surface area (Å²) in [4.78, 5) is 0. The minimum atomic E-state index is -0.459. The quantitative estimate of drug-likeness (QED) is 0.708. The van der Waals surface area contributed by atoms with Crippen molar-refractivity contribution >= 4 is 0 Å². The third kappa shape index (κ3) is 5.71. The maximum Gasteiger partial charge on any atom is 0.119 e. The third-order valence-electron chi connectivity index (χ3n) is 2.48. The highest BCUT2D eigenvalue weighted by Crippen LogP contribution is 2.18. The van der Waals surface area contributed by atoms with Gasteiger partial charge >= 0.3 is 0 Å². The molecule has 17 heavy (non-hydrogen) atoms. The molecule has 0 aliphatic rings. The van der Waals surface area contributed by atoms with Crippen LogP contribution in [0.1, 0.15) is 38.4 Å². The topological polar surface area (TPSA) is 38.7 Å². The number of aliphatic hydroxyl groups is 1. The second kappa shape index (κ2) is 8.09. The average Bonchev–Trinajstić information content (AvgIpc) is 2.34. The molecule has 1 N–H and O–H groups in total. The van der Waals surface area contributed by atoms with Gasteiger partial charge in [0.2, 0.25) is 0 Å². The molecule has 1 atom stereocenters. The zero-order chi connectivity index (χ0) is 12.5. The molecule has 1 rings (SSSR count). The summed E-state index contributed by atoms with van der Waals surface area (Å²) in [6.45, 7) is 5.84. The van der Waals surface area contributed by atoms with Crippen molar-refractivity contribution in [1.82, 2.24) is 0 Å². The van der Waals surface area contributed by atoms with Gasteiger partial charge in [-0.15, -0.1) is 0 Å². The molecule has 1 aromatic rings. The lowest BCUT2D eigenvalue weighted by atomic mass is 10.1. The van der Waals surface area contributed by atoms with Crippen LogP contribution in [0.2, 0.25) is 0 Å². The van der Waals surface area contributed by atoms with E-state index in [9.17, 15) is 5.11 Å². The van der Waals surface area contributed by atoms with Gasteiger partial charge in [-0.25, -0.2) is 0 Å². The van der Waals surface area contributed by atoms with Gasteiger partial charge in [-0.1, -0.05) is 25.5 Å². The Bertz CT molecular complexity index is 310. The van der Waals surface area contributed by atoms with Crippen LogP contribution in [0.5, 0.6) is 5.75 Å². The smallest absolute Gasteiger partial charge is 0.119 e. The van der Waals surface area contributed by atoms with Crippen LogP contribution in [-0.2, 0) is 4.74 Å². The molecule has 0 amide bonds. The third-order valence-corrected chi connectivity index (χ3v) is 2.48. The molecule has 0 spiro atoms. The SMILES string of the molecule is CCCCOCCOc1cccc([C@H](C)O)c1. The number of rotatable bonds is 8. The highest BCUT2D eigenvalue weighted by molar-refractivity contribution is 5.29. The fourth-order valence-electron chi connectivity index (χ4n) is 1.43. The van der Waals surface area contributed by atoms with Gasteiger partial charge in [0.1, 0.15) is 12.4 Å². The van der Waals surface area contributed by atoms with Gasteiger partial charge < -0.3 is 14.6 Å². The first-order valence-electron chi connectivity index (χ1n) is 6.22. The van der Waals surface area contributed by atoms with E-state index in [2.05, 4.69) is 6.92 Å². The molecule has 0 aromatic heterocycles. The Labute approximate surface area is 103 Å². The largest absolute Gasteiger partial charge is 0.491 e. The Morgan fingerprint density at radius 1 is 1.24 bits per heavy atom. The van der Waals surface area contributed by atoms with E-state index in [1.165, 1.54) is 0 Å². The maximum absolute atomic E-state index is 9.44. The Balaban J connectivity index is 2.24. The lowest BCUT2D eigenvalue weighted by Gasteiger charge is -2.09. The second-order valence-electron chi connectivity index (χ2n) is 4.06. The normalized spacial score (nSPS) is 12.4. The van der Waals surface area contributed by atoms with Crippen LogP contribution in [0.3, 0.4) is 0 Å². The fourth-order valence-corrected chi connectivity index (χ4v) is 1.43. The van der Waals surface area contributed by atoms with Crippen molar-refractivity contribution in [3.63, 3.8) is 0 Å². The van der Waals surface area contributed by atoms with Crippen LogP contribution in [-0.4, -0.2) is 24.9 Å². The molecule has 0 saturated carbocycles. The molecule has 0 unspecified atom stereocenters. The Morgan fingerprint density at radius 2 is 2.06 bits per heavy atom. The molecule has 0 heterocycles. The standard InChI is InChI=1S/C14H22O3/c1-3-4-8-16-9-10-17-14-7-5-6-13(11-14)12(2)15/h5-7,11-12,15H,3-4,8-10H2,1-2H3/t12-/m0/s1. The van der Waals surface area contributed by atoms with Crippen LogP contribution in [0, 0.1) is 0 Å². The second-order valence-corrected chi connectivity index (χ2v) is 4.06. The van der Waals surface area contributed by atoms with E-state index < -0.39 is 6.10 Å². The van der Waals surface area contributed by atoms with Crippen molar-refractivity contribution in [1.29, 1.82) is 0 Å². The maximum atomic E-state index is 9.44. The highest BCUT2D eigenvalue weighted by Gasteiger charge is 2.01. The summed E-state index contributed by atoms with van der Waals surface area (Å²) in [5.41, 5.74) is 0.870. The predicted molar refractivity (Wildman–Crippen MR) is 68.3 cm³/mol. The number of benzene rings is 1. The van der Waals surface area contributed by atoms with Crippen LogP contribution >= 0.6 is 0 Å². The molecule has 1 aromatic carbocycles. The first-order valence-corrected chi connectivity index (χ1v) is 6.22. The van der Waals surface area contributed by atoms with Crippen LogP contribution in [0.15, 0.2) is 24.3 Å². The predicted octanol–water partition coefficient (Wildman–Crippen LogP) is 2.94. The van der Waals surface area contributed by atoms with Gasteiger partial charge in [0.25, 0.3) is 0 Å². The Morgan fingerprint density at radius 3 is 2.76 bits per heavy atom. The molecule has 96 valence electrons. The number of hydrogen-bond acceptors (Lipinski definition) is 3. The molecular weight excluding hydrogens is 216 g/mol. The molecule has 0 aliphatic heterocycles. The summed E-state index contributed by atoms with van der Waals surface area (Å²) < 4.78 is 10.9. The molecule has 0 bridgehead atoms. The summed E-state index contributed by atoms with van der Waals surface area (Å²) >= 11 is 0. The fraction of sp³-hybridized carbons (Fsp3) is 0.571. The van der Waals surface area contributed by atoms with E-state index in [0.717, 1.165) is 30.8 Å². The van der Waals surface area contributed by atoms with Crippen molar-refractivity contribution < 1.29 is 14.6 Å². The summed E-state index contributed by atoms with van der Waals surface area (Å²) in [7, 11) is 0. The van der Waals surface area contributed by atoms with Crippen molar-refractivity contribution in [2.24, 2.45) is 0 Å². The monoisotopic (exact) mass is 238 g/mol. The van der Waals surface area contributed by atoms with Crippen LogP contribution in [0.25, 0.3) is 0 Å². The van der Waals surface area contributed by atoms with Gasteiger partial charge in [-0.3, -0.25) is 0 Å². The summed E-state index contributed by atoms with van der Waals surface area (Å²) in [6.07, 6.45) is 1.79. The molecule has 0 saturated heterocycles. The van der Waals surface area contributed by atoms with Crippen molar-refractivity contribution in [2.45, 2.75) is 32.8 Å². The molecule has 0 fully saturated rings. The number of unbranched alkanes of at least 4 members (excludes halogenated alkanes) is 1. The summed E-state index contributed by atoms with van der Waals surface area (Å²) in [5.74, 6) is 0.780. The van der Waals surface area contributed by atoms with Crippen molar-refractivity contribution in [3.8, 4) is 5.75 Å². The van der Waals surface area contributed by atoms with Gasteiger partial charge in [0.15, 0.2) is 0 Å². The first-order chi connectivity index (χ1) is 8.24. The Hall–Kier alpha value is -1.06. The minimum Gasteiger partial charge on any atom is -0.491 e. The number of ether oxygens (including phenoxy) is 2. The van der Waals surface area contributed by atoms with Crippen molar-refractivity contribution in [3.05, 3.63) is 29.8 Å². The number of aliphatic hydroxyl groups excluding tert-OH is 1. The molecular formula is C14H22O3. The highest BCUT2D eigenvalue weighted by atomic mass is 16.5. The zero-order valence-corrected chi connectivity index (χ0v) is 10.7. The van der Waals surface area contributed by atoms with E-state index in [-0.39, 0.29) is 0 Å². The van der Waals surface area contributed by atoms with E-state index in [0.29, 0.717) is 13.2 Å². The molecule has 0 aliphatic carbocycles. The Kier molecular flexibility index (Phi) is 6.67. The number of hydrogen-bond donors (Lipinski definition) is 1. The summed E-state index contributed by atoms with van der Waals surface area (Å²) in [5, 5.41) is 9.44. The van der Waals surface area contributed by atoms with E-state index in [1.54, 1.807) is 6.92 Å². The van der Waals surface area contributed by atoms with Gasteiger partial charge in [-0.05, 0) is 31.0 Å². The molecule has 3 nitrogen and oxygen atoms in total. The molecule has 3 heteroatoms. The van der Waals surface area contributed by atoms with Gasteiger partial charge in [-0.2, -0.15) is 0 Å². The van der Waals surface area contributed by atoms with E-state index in [1.807, 2.05) is 24.3 Å². The minimum absolute atomic E-state index is 0.459. The van der Waals surface area contributed by atoms with Crippen LogP contribution < -0.4 is 4.74 Å². The molecule has 0 radical (unpaired) electrons. The van der Waals surface area contributed by atoms with Gasteiger partial charge in [0.05, 0.1) is 12.7 Å². The van der Waals surface area contributed by atoms with E-state index >= 15 is 0 Å². The average molecular weight is 238 g/mol. The first kappa shape index (κ1) is 14.0. The lowest BCUT2D eigenvalue weighted by molar-refractivity contribution is 0.0979.